The van der Waals surface area contributed by atoms with E-state index in [-0.39, 0.29) is 11.0 Å². The van der Waals surface area contributed by atoms with Crippen molar-refractivity contribution in [2.75, 3.05) is 0 Å². The number of aromatic nitrogens is 2. The van der Waals surface area contributed by atoms with E-state index in [0.717, 1.165) is 3.59 Å². The number of nitrogens with zero attached hydrogens (tertiary/aromatic N) is 2. The van der Waals surface area contributed by atoms with Crippen LogP contribution in [0.5, 0.6) is 0 Å². The Morgan fingerprint density at radius 2 is 2.15 bits per heavy atom. The highest BCUT2D eigenvalue weighted by Crippen LogP contribution is 1.99. The maximum atomic E-state index is 11.3. The summed E-state index contributed by atoms with van der Waals surface area (Å²) in [4.78, 5) is 22.4. The highest BCUT2D eigenvalue weighted by molar-refractivity contribution is 9.10. The third-order valence-corrected chi connectivity index (χ3v) is 2.50. The Kier molecular flexibility index (Phi) is 3.12. The fourth-order valence-electron chi connectivity index (χ4n) is 0.752. The van der Waals surface area contributed by atoms with Crippen LogP contribution in [0.4, 0.5) is 0 Å². The van der Waals surface area contributed by atoms with Gasteiger partial charge in [-0.05, 0) is 15.9 Å². The van der Waals surface area contributed by atoms with Gasteiger partial charge in [-0.1, -0.05) is 5.92 Å². The molecule has 0 spiro atoms. The number of halogens is 2. The number of hydrogen-bond acceptors (Lipinski definition) is 2. The Balaban J connectivity index is 3.53. The summed E-state index contributed by atoms with van der Waals surface area (Å²) in [7, 11) is 0. The molecule has 6 heteroatoms. The molecule has 1 rings (SSSR count). The van der Waals surface area contributed by atoms with Crippen molar-refractivity contribution in [3.8, 4) is 12.3 Å². The second-order valence-corrected chi connectivity index (χ2v) is 3.74. The second kappa shape index (κ2) is 3.94. The molecule has 4 nitrogen and oxygen atoms in total. The molecule has 0 unspecified atom stereocenters. The SMILES string of the molecule is C#CCn1cc(Br)c(=O)n(Br)c1=O. The van der Waals surface area contributed by atoms with Crippen molar-refractivity contribution < 1.29 is 0 Å². The van der Waals surface area contributed by atoms with Crippen LogP contribution in [-0.4, -0.2) is 8.16 Å². The highest BCUT2D eigenvalue weighted by atomic mass is 79.9. The van der Waals surface area contributed by atoms with Crippen molar-refractivity contribution in [1.29, 1.82) is 0 Å². The van der Waals surface area contributed by atoms with E-state index < -0.39 is 11.2 Å². The van der Waals surface area contributed by atoms with Crippen LogP contribution in [-0.2, 0) is 6.54 Å². The first kappa shape index (κ1) is 10.3. The molecule has 1 heterocycles. The van der Waals surface area contributed by atoms with Crippen LogP contribution in [0.25, 0.3) is 0 Å². The van der Waals surface area contributed by atoms with Crippen LogP contribution in [0, 0.1) is 12.3 Å². The molecule has 0 aliphatic carbocycles. The molecular weight excluding hydrogens is 304 g/mol. The summed E-state index contributed by atoms with van der Waals surface area (Å²) < 4.78 is 2.33. The number of terminal acetylenes is 1. The van der Waals surface area contributed by atoms with Gasteiger partial charge in [0.15, 0.2) is 0 Å². The normalized spacial score (nSPS) is 9.62. The van der Waals surface area contributed by atoms with Gasteiger partial charge in [0.05, 0.1) is 22.7 Å². The maximum Gasteiger partial charge on any atom is 0.342 e. The molecule has 0 fully saturated rings. The molecule has 0 N–H and O–H groups in total. The summed E-state index contributed by atoms with van der Waals surface area (Å²) in [5.41, 5.74) is -0.940. The lowest BCUT2D eigenvalue weighted by atomic mass is 10.6. The topological polar surface area (TPSA) is 44.0 Å². The van der Waals surface area contributed by atoms with E-state index in [2.05, 4.69) is 38.0 Å². The smallest absolute Gasteiger partial charge is 0.287 e. The van der Waals surface area contributed by atoms with Gasteiger partial charge in [0.25, 0.3) is 5.56 Å². The molecule has 1 aromatic heterocycles. The van der Waals surface area contributed by atoms with Crippen molar-refractivity contribution in [3.63, 3.8) is 0 Å². The predicted molar refractivity (Wildman–Crippen MR) is 55.8 cm³/mol. The predicted octanol–water partition coefficient (Wildman–Crippen LogP) is 0.564. The third-order valence-electron chi connectivity index (χ3n) is 1.33. The molecule has 0 aromatic carbocycles. The van der Waals surface area contributed by atoms with Crippen LogP contribution in [0.15, 0.2) is 20.3 Å². The summed E-state index contributed by atoms with van der Waals surface area (Å²) in [6.07, 6.45) is 6.40. The van der Waals surface area contributed by atoms with Gasteiger partial charge in [-0.3, -0.25) is 9.36 Å². The minimum absolute atomic E-state index is 0.128. The Hall–Kier alpha value is -0.800. The zero-order valence-corrected chi connectivity index (χ0v) is 9.50. The molecule has 0 bridgehead atoms. The highest BCUT2D eigenvalue weighted by Gasteiger charge is 2.05. The van der Waals surface area contributed by atoms with Crippen molar-refractivity contribution in [3.05, 3.63) is 31.5 Å². The van der Waals surface area contributed by atoms with Crippen LogP contribution in [0.1, 0.15) is 0 Å². The van der Waals surface area contributed by atoms with Crippen molar-refractivity contribution >= 4 is 32.1 Å². The maximum absolute atomic E-state index is 11.3. The van der Waals surface area contributed by atoms with E-state index >= 15 is 0 Å². The van der Waals surface area contributed by atoms with Crippen molar-refractivity contribution in [2.45, 2.75) is 6.54 Å². The van der Waals surface area contributed by atoms with E-state index in [1.54, 1.807) is 0 Å². The minimum atomic E-state index is -0.494. The van der Waals surface area contributed by atoms with Gasteiger partial charge in [0.2, 0.25) is 0 Å². The van der Waals surface area contributed by atoms with E-state index in [4.69, 9.17) is 6.42 Å². The Morgan fingerprint density at radius 3 is 2.69 bits per heavy atom. The van der Waals surface area contributed by atoms with Crippen LogP contribution >= 0.6 is 32.1 Å². The van der Waals surface area contributed by atoms with Gasteiger partial charge in [0, 0.05) is 6.20 Å². The number of rotatable bonds is 1. The van der Waals surface area contributed by atoms with E-state index in [1.807, 2.05) is 0 Å². The monoisotopic (exact) mass is 306 g/mol. The van der Waals surface area contributed by atoms with Crippen LogP contribution in [0.2, 0.25) is 0 Å². The van der Waals surface area contributed by atoms with Gasteiger partial charge in [-0.2, -0.15) is 3.59 Å². The molecule has 0 aliphatic heterocycles. The van der Waals surface area contributed by atoms with Gasteiger partial charge >= 0.3 is 5.69 Å². The molecular formula is C7H4Br2N2O2. The average Bonchev–Trinajstić information content (AvgIpc) is 2.11. The Labute approximate surface area is 90.7 Å². The van der Waals surface area contributed by atoms with Crippen LogP contribution < -0.4 is 11.2 Å². The van der Waals surface area contributed by atoms with E-state index in [1.165, 1.54) is 10.8 Å². The number of hydrogen-bond donors (Lipinski definition) is 0. The lowest BCUT2D eigenvalue weighted by Crippen LogP contribution is -2.34. The Bertz CT molecular complexity index is 481. The quantitative estimate of drug-likeness (QED) is 0.712. The van der Waals surface area contributed by atoms with Gasteiger partial charge in [-0.25, -0.2) is 4.79 Å². The lowest BCUT2D eigenvalue weighted by molar-refractivity contribution is 0.733. The minimum Gasteiger partial charge on any atom is -0.287 e. The standard InChI is InChI=1S/C7H4Br2N2O2/c1-2-3-10-4-5(8)6(12)11(9)7(10)13/h1,4H,3H2. The molecule has 0 aliphatic rings. The van der Waals surface area contributed by atoms with E-state index in [9.17, 15) is 9.59 Å². The first-order valence-electron chi connectivity index (χ1n) is 3.19. The van der Waals surface area contributed by atoms with Crippen molar-refractivity contribution in [1.82, 2.24) is 8.16 Å². The summed E-state index contributed by atoms with van der Waals surface area (Å²) in [6.45, 7) is 0.128. The first-order chi connectivity index (χ1) is 6.07. The Morgan fingerprint density at radius 1 is 1.54 bits per heavy atom. The van der Waals surface area contributed by atoms with Crippen LogP contribution in [0.3, 0.4) is 0 Å². The molecule has 1 aromatic rings. The van der Waals surface area contributed by atoms with E-state index in [0.29, 0.717) is 0 Å². The molecule has 0 saturated heterocycles. The fraction of sp³-hybridized carbons (Fsp3) is 0.143. The summed E-state index contributed by atoms with van der Waals surface area (Å²) >= 11 is 5.83. The lowest BCUT2D eigenvalue weighted by Gasteiger charge is -2.02. The average molecular weight is 308 g/mol. The molecule has 0 amide bonds. The fourth-order valence-corrected chi connectivity index (χ4v) is 1.81. The zero-order chi connectivity index (χ0) is 10.0. The second-order valence-electron chi connectivity index (χ2n) is 2.18. The summed E-state index contributed by atoms with van der Waals surface area (Å²) in [6, 6.07) is 0. The largest absolute Gasteiger partial charge is 0.342 e. The molecule has 13 heavy (non-hydrogen) atoms. The third kappa shape index (κ3) is 1.92. The molecule has 0 atom stereocenters. The van der Waals surface area contributed by atoms with Gasteiger partial charge < -0.3 is 0 Å². The van der Waals surface area contributed by atoms with Gasteiger partial charge in [-0.15, -0.1) is 6.42 Å². The molecule has 0 radical (unpaired) electrons. The van der Waals surface area contributed by atoms with Gasteiger partial charge in [0.1, 0.15) is 4.47 Å². The molecule has 68 valence electrons. The summed E-state index contributed by atoms with van der Waals surface area (Å²) in [5.74, 6) is 2.30. The molecule has 0 saturated carbocycles. The first-order valence-corrected chi connectivity index (χ1v) is 4.69. The zero-order valence-electron chi connectivity index (χ0n) is 6.33. The van der Waals surface area contributed by atoms with Crippen molar-refractivity contribution in [2.24, 2.45) is 0 Å². The summed E-state index contributed by atoms with van der Waals surface area (Å²) in [5, 5.41) is 0.